The summed E-state index contributed by atoms with van der Waals surface area (Å²) >= 11 is 1.82. The first-order chi connectivity index (χ1) is 8.75. The molecule has 18 heavy (non-hydrogen) atoms. The fraction of sp³-hybridized carbons (Fsp3) is 0.500. The van der Waals surface area contributed by atoms with Crippen molar-refractivity contribution in [2.75, 3.05) is 5.75 Å². The maximum Gasteiger partial charge on any atom is 0.320 e. The fourth-order valence-electron chi connectivity index (χ4n) is 2.51. The molecule has 0 spiro atoms. The van der Waals surface area contributed by atoms with Crippen LogP contribution in [-0.4, -0.2) is 22.9 Å². The first-order valence-electron chi connectivity index (χ1n) is 6.45. The third kappa shape index (κ3) is 2.40. The predicted octanol–water partition coefficient (Wildman–Crippen LogP) is 2.74. The van der Waals surface area contributed by atoms with Gasteiger partial charge in [-0.3, -0.25) is 10.1 Å². The molecule has 1 heterocycles. The van der Waals surface area contributed by atoms with E-state index >= 15 is 0 Å². The van der Waals surface area contributed by atoms with Crippen LogP contribution in [0.1, 0.15) is 41.7 Å². The van der Waals surface area contributed by atoms with Crippen molar-refractivity contribution in [2.45, 2.75) is 36.6 Å². The van der Waals surface area contributed by atoms with Crippen LogP contribution in [0.2, 0.25) is 0 Å². The molecule has 2 atom stereocenters. The average Bonchev–Trinajstić information content (AvgIpc) is 3.23. The Morgan fingerprint density at radius 3 is 2.61 bits per heavy atom. The highest BCUT2D eigenvalue weighted by Gasteiger charge is 2.32. The van der Waals surface area contributed by atoms with Gasteiger partial charge in [0.1, 0.15) is 6.04 Å². The third-order valence-electron chi connectivity index (χ3n) is 3.64. The maximum absolute atomic E-state index is 11.1. The molecule has 1 aliphatic carbocycles. The van der Waals surface area contributed by atoms with Crippen molar-refractivity contribution in [3.63, 3.8) is 0 Å². The van der Waals surface area contributed by atoms with E-state index in [0.717, 1.165) is 5.75 Å². The molecule has 1 aromatic rings. The van der Waals surface area contributed by atoms with Gasteiger partial charge in [0.15, 0.2) is 0 Å². The van der Waals surface area contributed by atoms with Gasteiger partial charge in [-0.2, -0.15) is 0 Å². The summed E-state index contributed by atoms with van der Waals surface area (Å²) in [7, 11) is 0. The standard InChI is InChI=1S/C14H17NO2S/c16-14(17)12-7-8-18-13(15-12)11-4-2-1-3-10(11)9-5-6-9/h1-4,9,12-13,15H,5-8H2,(H,16,17). The van der Waals surface area contributed by atoms with Gasteiger partial charge in [0.2, 0.25) is 0 Å². The second-order valence-corrected chi connectivity index (χ2v) is 6.21. The van der Waals surface area contributed by atoms with Crippen molar-refractivity contribution in [3.05, 3.63) is 35.4 Å². The minimum Gasteiger partial charge on any atom is -0.480 e. The number of benzene rings is 1. The molecular weight excluding hydrogens is 246 g/mol. The molecule has 2 aliphatic rings. The Bertz CT molecular complexity index is 459. The number of hydrogen-bond acceptors (Lipinski definition) is 3. The number of nitrogens with one attached hydrogen (secondary N) is 1. The Morgan fingerprint density at radius 1 is 1.22 bits per heavy atom. The third-order valence-corrected chi connectivity index (χ3v) is 4.83. The van der Waals surface area contributed by atoms with Crippen LogP contribution in [0.3, 0.4) is 0 Å². The highest BCUT2D eigenvalue weighted by atomic mass is 32.2. The van der Waals surface area contributed by atoms with Crippen molar-refractivity contribution < 1.29 is 9.90 Å². The van der Waals surface area contributed by atoms with Gasteiger partial charge in [-0.15, -0.1) is 11.8 Å². The van der Waals surface area contributed by atoms with E-state index in [1.807, 2.05) is 17.8 Å². The lowest BCUT2D eigenvalue weighted by molar-refractivity contribution is -0.139. The zero-order chi connectivity index (χ0) is 12.5. The van der Waals surface area contributed by atoms with Crippen LogP contribution in [0.15, 0.2) is 24.3 Å². The minimum absolute atomic E-state index is 0.136. The quantitative estimate of drug-likeness (QED) is 0.880. The number of rotatable bonds is 3. The Hall–Kier alpha value is -1.00. The van der Waals surface area contributed by atoms with E-state index in [0.29, 0.717) is 12.3 Å². The first kappa shape index (κ1) is 12.1. The molecule has 96 valence electrons. The summed E-state index contributed by atoms with van der Waals surface area (Å²) in [6.45, 7) is 0. The Balaban J connectivity index is 1.83. The van der Waals surface area contributed by atoms with Crippen LogP contribution in [0.4, 0.5) is 0 Å². The van der Waals surface area contributed by atoms with Crippen molar-refractivity contribution in [3.8, 4) is 0 Å². The number of carboxylic acids is 1. The topological polar surface area (TPSA) is 49.3 Å². The van der Waals surface area contributed by atoms with Crippen molar-refractivity contribution in [2.24, 2.45) is 0 Å². The number of hydrogen-bond donors (Lipinski definition) is 2. The van der Waals surface area contributed by atoms with Gasteiger partial charge in [0, 0.05) is 0 Å². The molecule has 2 unspecified atom stereocenters. The van der Waals surface area contributed by atoms with E-state index < -0.39 is 12.0 Å². The molecule has 1 saturated carbocycles. The molecule has 0 bridgehead atoms. The molecule has 4 heteroatoms. The highest BCUT2D eigenvalue weighted by molar-refractivity contribution is 7.99. The van der Waals surface area contributed by atoms with Gasteiger partial charge in [-0.1, -0.05) is 24.3 Å². The lowest BCUT2D eigenvalue weighted by atomic mass is 10.0. The molecule has 2 fully saturated rings. The maximum atomic E-state index is 11.1. The van der Waals surface area contributed by atoms with Crippen LogP contribution >= 0.6 is 11.8 Å². The molecule has 3 rings (SSSR count). The SMILES string of the molecule is O=C(O)C1CCSC(c2ccccc2C2CC2)N1. The van der Waals surface area contributed by atoms with Gasteiger partial charge in [0.05, 0.1) is 5.37 Å². The van der Waals surface area contributed by atoms with Gasteiger partial charge in [-0.05, 0) is 42.1 Å². The molecule has 0 radical (unpaired) electrons. The second kappa shape index (κ2) is 4.94. The highest BCUT2D eigenvalue weighted by Crippen LogP contribution is 2.45. The van der Waals surface area contributed by atoms with Crippen LogP contribution in [0.25, 0.3) is 0 Å². The summed E-state index contributed by atoms with van der Waals surface area (Å²) in [5.74, 6) is 0.881. The first-order valence-corrected chi connectivity index (χ1v) is 7.50. The summed E-state index contributed by atoms with van der Waals surface area (Å²) in [4.78, 5) is 11.1. The van der Waals surface area contributed by atoms with Gasteiger partial charge in [0.25, 0.3) is 0 Å². The van der Waals surface area contributed by atoms with Crippen molar-refractivity contribution >= 4 is 17.7 Å². The normalized spacial score (nSPS) is 28.0. The van der Waals surface area contributed by atoms with Gasteiger partial charge >= 0.3 is 5.97 Å². The van der Waals surface area contributed by atoms with E-state index in [2.05, 4.69) is 23.5 Å². The smallest absolute Gasteiger partial charge is 0.320 e. The molecule has 1 saturated heterocycles. The van der Waals surface area contributed by atoms with Crippen LogP contribution in [-0.2, 0) is 4.79 Å². The predicted molar refractivity (Wildman–Crippen MR) is 72.8 cm³/mol. The zero-order valence-corrected chi connectivity index (χ0v) is 11.0. The van der Waals surface area contributed by atoms with E-state index in [1.54, 1.807) is 0 Å². The molecule has 0 aromatic heterocycles. The van der Waals surface area contributed by atoms with Crippen molar-refractivity contribution in [1.29, 1.82) is 0 Å². The van der Waals surface area contributed by atoms with Crippen molar-refractivity contribution in [1.82, 2.24) is 5.32 Å². The Kier molecular flexibility index (Phi) is 3.31. The molecule has 2 N–H and O–H groups in total. The van der Waals surface area contributed by atoms with E-state index in [9.17, 15) is 4.79 Å². The fourth-order valence-corrected chi connectivity index (χ4v) is 3.77. The average molecular weight is 263 g/mol. The van der Waals surface area contributed by atoms with E-state index in [4.69, 9.17) is 5.11 Å². The lowest BCUT2D eigenvalue weighted by Gasteiger charge is -2.29. The summed E-state index contributed by atoms with van der Waals surface area (Å²) < 4.78 is 0. The molecule has 1 aromatic carbocycles. The molecule has 1 aliphatic heterocycles. The lowest BCUT2D eigenvalue weighted by Crippen LogP contribution is -2.42. The van der Waals surface area contributed by atoms with Crippen LogP contribution in [0, 0.1) is 0 Å². The number of thioether (sulfide) groups is 1. The monoisotopic (exact) mass is 263 g/mol. The van der Waals surface area contributed by atoms with Gasteiger partial charge in [-0.25, -0.2) is 0 Å². The molecular formula is C14H17NO2S. The number of carboxylic acid groups (broad SMARTS) is 1. The Labute approximate surface area is 111 Å². The van der Waals surface area contributed by atoms with E-state index in [-0.39, 0.29) is 5.37 Å². The zero-order valence-electron chi connectivity index (χ0n) is 10.1. The molecule has 0 amide bonds. The van der Waals surface area contributed by atoms with Crippen LogP contribution in [0.5, 0.6) is 0 Å². The second-order valence-electron chi connectivity index (χ2n) is 5.00. The summed E-state index contributed by atoms with van der Waals surface area (Å²) in [5.41, 5.74) is 2.70. The summed E-state index contributed by atoms with van der Waals surface area (Å²) in [6.07, 6.45) is 3.26. The summed E-state index contributed by atoms with van der Waals surface area (Å²) in [5, 5.41) is 12.5. The van der Waals surface area contributed by atoms with Gasteiger partial charge < -0.3 is 5.11 Å². The van der Waals surface area contributed by atoms with E-state index in [1.165, 1.54) is 24.0 Å². The molecule has 3 nitrogen and oxygen atoms in total. The van der Waals surface area contributed by atoms with Crippen LogP contribution < -0.4 is 5.32 Å². The Morgan fingerprint density at radius 2 is 1.94 bits per heavy atom. The minimum atomic E-state index is -0.732. The largest absolute Gasteiger partial charge is 0.480 e. The summed E-state index contributed by atoms with van der Waals surface area (Å²) in [6, 6.07) is 8.07. The number of carbonyl (C=O) groups is 1. The number of aliphatic carboxylic acids is 1.